The first-order chi connectivity index (χ1) is 8.86. The second-order valence-electron chi connectivity index (χ2n) is 4.06. The van der Waals surface area contributed by atoms with Crippen LogP contribution in [0.4, 0.5) is 11.5 Å². The highest BCUT2D eigenvalue weighted by atomic mass is 79.9. The minimum atomic E-state index is -0.508. The molecule has 7 nitrogen and oxygen atoms in total. The van der Waals surface area contributed by atoms with Gasteiger partial charge in [0.15, 0.2) is 0 Å². The summed E-state index contributed by atoms with van der Waals surface area (Å²) in [7, 11) is 2.95. The van der Waals surface area contributed by atoms with E-state index < -0.39 is 10.8 Å². The first-order valence-electron chi connectivity index (χ1n) is 5.45. The zero-order chi connectivity index (χ0) is 14.6. The van der Waals surface area contributed by atoms with E-state index in [2.05, 4.69) is 25.7 Å². The van der Waals surface area contributed by atoms with Crippen LogP contribution in [0.3, 0.4) is 0 Å². The van der Waals surface area contributed by atoms with E-state index >= 15 is 0 Å². The molecule has 0 bridgehead atoms. The first kappa shape index (κ1) is 15.4. The van der Waals surface area contributed by atoms with Gasteiger partial charge in [-0.3, -0.25) is 14.9 Å². The highest BCUT2D eigenvalue weighted by Crippen LogP contribution is 2.28. The standard InChI is InChI=1S/C11H14BrN3O4/c1-7(11(16)19-3)6-14(2)10-9(15(17)18)4-8(12)5-13-10/h4-5,7H,6H2,1-3H3. The zero-order valence-corrected chi connectivity index (χ0v) is 12.4. The summed E-state index contributed by atoms with van der Waals surface area (Å²) in [6.07, 6.45) is 1.47. The molecular weight excluding hydrogens is 318 g/mol. The van der Waals surface area contributed by atoms with Crippen LogP contribution in [0, 0.1) is 16.0 Å². The maximum absolute atomic E-state index is 11.3. The predicted molar refractivity (Wildman–Crippen MR) is 73.0 cm³/mol. The molecule has 0 aliphatic carbocycles. The lowest BCUT2D eigenvalue weighted by molar-refractivity contribution is -0.384. The van der Waals surface area contributed by atoms with Crippen LogP contribution in [-0.2, 0) is 9.53 Å². The molecule has 1 aromatic rings. The largest absolute Gasteiger partial charge is 0.469 e. The van der Waals surface area contributed by atoms with E-state index in [1.54, 1.807) is 18.9 Å². The molecule has 1 rings (SSSR count). The smallest absolute Gasteiger partial charge is 0.312 e. The monoisotopic (exact) mass is 331 g/mol. The number of anilines is 1. The van der Waals surface area contributed by atoms with Gasteiger partial charge in [0.25, 0.3) is 0 Å². The average Bonchev–Trinajstić information content (AvgIpc) is 2.37. The Morgan fingerprint density at radius 3 is 2.84 bits per heavy atom. The lowest BCUT2D eigenvalue weighted by atomic mass is 10.1. The van der Waals surface area contributed by atoms with Crippen molar-refractivity contribution in [3.63, 3.8) is 0 Å². The molecule has 0 radical (unpaired) electrons. The molecule has 1 unspecified atom stereocenters. The Balaban J connectivity index is 2.96. The molecule has 0 amide bonds. The topological polar surface area (TPSA) is 85.6 Å². The van der Waals surface area contributed by atoms with Gasteiger partial charge in [-0.05, 0) is 15.9 Å². The number of methoxy groups -OCH3 is 1. The Morgan fingerprint density at radius 2 is 2.32 bits per heavy atom. The van der Waals surface area contributed by atoms with Crippen molar-refractivity contribution in [2.45, 2.75) is 6.92 Å². The SMILES string of the molecule is COC(=O)C(C)CN(C)c1ncc(Br)cc1[N+](=O)[O-]. The number of nitro groups is 1. The molecule has 1 aromatic heterocycles. The summed E-state index contributed by atoms with van der Waals surface area (Å²) in [5, 5.41) is 11.0. The lowest BCUT2D eigenvalue weighted by Crippen LogP contribution is -2.30. The third-order valence-electron chi connectivity index (χ3n) is 2.52. The number of aromatic nitrogens is 1. The van der Waals surface area contributed by atoms with Crippen molar-refractivity contribution < 1.29 is 14.5 Å². The fourth-order valence-corrected chi connectivity index (χ4v) is 1.94. The molecule has 0 saturated carbocycles. The van der Waals surface area contributed by atoms with Gasteiger partial charge in [-0.15, -0.1) is 0 Å². The normalized spacial score (nSPS) is 11.8. The molecule has 0 aliphatic rings. The molecule has 0 N–H and O–H groups in total. The first-order valence-corrected chi connectivity index (χ1v) is 6.25. The van der Waals surface area contributed by atoms with Gasteiger partial charge >= 0.3 is 11.7 Å². The van der Waals surface area contributed by atoms with Crippen molar-refractivity contribution in [3.8, 4) is 0 Å². The second kappa shape index (κ2) is 6.46. The van der Waals surface area contributed by atoms with E-state index in [1.807, 2.05) is 0 Å². The summed E-state index contributed by atoms with van der Waals surface area (Å²) in [5.41, 5.74) is -0.117. The third-order valence-corrected chi connectivity index (χ3v) is 2.96. The Hall–Kier alpha value is -1.70. The number of rotatable bonds is 5. The fourth-order valence-electron chi connectivity index (χ4n) is 1.62. The number of halogens is 1. The van der Waals surface area contributed by atoms with Gasteiger partial charge in [-0.1, -0.05) is 6.92 Å². The number of carbonyl (C=O) groups is 1. The Kier molecular flexibility index (Phi) is 5.22. The Morgan fingerprint density at radius 1 is 1.68 bits per heavy atom. The van der Waals surface area contributed by atoms with Crippen LogP contribution in [0.5, 0.6) is 0 Å². The van der Waals surface area contributed by atoms with E-state index in [0.29, 0.717) is 4.47 Å². The van der Waals surface area contributed by atoms with Gasteiger partial charge in [0.1, 0.15) is 0 Å². The quantitative estimate of drug-likeness (QED) is 0.466. The third kappa shape index (κ3) is 3.88. The van der Waals surface area contributed by atoms with Crippen LogP contribution >= 0.6 is 15.9 Å². The molecule has 0 saturated heterocycles. The summed E-state index contributed by atoms with van der Waals surface area (Å²) >= 11 is 3.14. The fraction of sp³-hybridized carbons (Fsp3) is 0.455. The van der Waals surface area contributed by atoms with Crippen LogP contribution < -0.4 is 4.90 Å². The van der Waals surface area contributed by atoms with E-state index in [-0.39, 0.29) is 24.0 Å². The molecule has 8 heteroatoms. The van der Waals surface area contributed by atoms with Crippen molar-refractivity contribution >= 4 is 33.4 Å². The number of ether oxygens (including phenoxy) is 1. The van der Waals surface area contributed by atoms with Crippen molar-refractivity contribution in [2.75, 3.05) is 25.6 Å². The second-order valence-corrected chi connectivity index (χ2v) is 4.97. The van der Waals surface area contributed by atoms with E-state index in [4.69, 9.17) is 0 Å². The maximum Gasteiger partial charge on any atom is 0.312 e. The van der Waals surface area contributed by atoms with E-state index in [9.17, 15) is 14.9 Å². The van der Waals surface area contributed by atoms with E-state index in [1.165, 1.54) is 19.4 Å². The molecule has 19 heavy (non-hydrogen) atoms. The number of pyridine rings is 1. The zero-order valence-electron chi connectivity index (χ0n) is 10.8. The molecule has 0 aliphatic heterocycles. The molecule has 104 valence electrons. The van der Waals surface area contributed by atoms with Gasteiger partial charge < -0.3 is 9.64 Å². The van der Waals surface area contributed by atoms with Crippen molar-refractivity contribution in [1.29, 1.82) is 0 Å². The highest BCUT2D eigenvalue weighted by Gasteiger charge is 2.23. The van der Waals surface area contributed by atoms with Gasteiger partial charge in [0, 0.05) is 30.3 Å². The van der Waals surface area contributed by atoms with Crippen molar-refractivity contribution in [2.24, 2.45) is 5.92 Å². The molecule has 1 atom stereocenters. The molecule has 0 spiro atoms. The number of carbonyl (C=O) groups excluding carboxylic acids is 1. The Bertz CT molecular complexity index is 495. The van der Waals surface area contributed by atoms with Crippen LogP contribution in [0.1, 0.15) is 6.92 Å². The van der Waals surface area contributed by atoms with Crippen LogP contribution in [-0.4, -0.2) is 36.6 Å². The number of esters is 1. The van der Waals surface area contributed by atoms with Crippen molar-refractivity contribution in [1.82, 2.24) is 4.98 Å². The predicted octanol–water partition coefficient (Wildman–Crippen LogP) is 2.00. The summed E-state index contributed by atoms with van der Waals surface area (Å²) < 4.78 is 5.14. The van der Waals surface area contributed by atoms with Gasteiger partial charge in [0.05, 0.1) is 18.0 Å². The van der Waals surface area contributed by atoms with Crippen LogP contribution in [0.15, 0.2) is 16.7 Å². The Labute approximate surface area is 118 Å². The number of hydrogen-bond donors (Lipinski definition) is 0. The van der Waals surface area contributed by atoms with Crippen LogP contribution in [0.25, 0.3) is 0 Å². The average molecular weight is 332 g/mol. The summed E-state index contributed by atoms with van der Waals surface area (Å²) in [4.78, 5) is 27.4. The molecular formula is C11H14BrN3O4. The van der Waals surface area contributed by atoms with Gasteiger partial charge in [-0.2, -0.15) is 0 Å². The molecule has 0 aromatic carbocycles. The minimum Gasteiger partial charge on any atom is -0.469 e. The highest BCUT2D eigenvalue weighted by molar-refractivity contribution is 9.10. The van der Waals surface area contributed by atoms with Crippen molar-refractivity contribution in [3.05, 3.63) is 26.9 Å². The summed E-state index contributed by atoms with van der Waals surface area (Å²) in [5.74, 6) is -0.560. The van der Waals surface area contributed by atoms with E-state index in [0.717, 1.165) is 0 Å². The molecule has 1 heterocycles. The molecule has 0 fully saturated rings. The minimum absolute atomic E-state index is 0.117. The lowest BCUT2D eigenvalue weighted by Gasteiger charge is -2.20. The number of nitrogens with zero attached hydrogens (tertiary/aromatic N) is 3. The number of hydrogen-bond acceptors (Lipinski definition) is 6. The van der Waals surface area contributed by atoms with Crippen LogP contribution in [0.2, 0.25) is 0 Å². The van der Waals surface area contributed by atoms with Gasteiger partial charge in [-0.25, -0.2) is 4.98 Å². The summed E-state index contributed by atoms with van der Waals surface area (Å²) in [6, 6.07) is 1.38. The maximum atomic E-state index is 11.3. The summed E-state index contributed by atoms with van der Waals surface area (Å²) in [6.45, 7) is 1.97. The van der Waals surface area contributed by atoms with Gasteiger partial charge in [0.2, 0.25) is 5.82 Å².